The minimum absolute atomic E-state index is 0.0396. The van der Waals surface area contributed by atoms with E-state index in [-0.39, 0.29) is 6.61 Å². The van der Waals surface area contributed by atoms with E-state index in [1.165, 1.54) is 51.0 Å². The molecule has 3 rings (SSSR count). The summed E-state index contributed by atoms with van der Waals surface area (Å²) in [6.45, 7) is 8.50. The van der Waals surface area contributed by atoms with Gasteiger partial charge in [-0.25, -0.2) is 0 Å². The molecule has 2 aliphatic rings. The number of rotatable bonds is 5. The van der Waals surface area contributed by atoms with Gasteiger partial charge in [-0.3, -0.25) is 4.90 Å². The van der Waals surface area contributed by atoms with Crippen LogP contribution < -0.4 is 4.74 Å². The molecule has 0 aromatic heterocycles. The first-order valence-electron chi connectivity index (χ1n) is 8.90. The normalized spacial score (nSPS) is 26.0. The largest absolute Gasteiger partial charge is 0.494 e. The van der Waals surface area contributed by atoms with Gasteiger partial charge in [-0.15, -0.1) is 0 Å². The second kappa shape index (κ2) is 7.20. The Morgan fingerprint density at radius 3 is 2.78 bits per heavy atom. The van der Waals surface area contributed by atoms with Crippen LogP contribution in [0.3, 0.4) is 0 Å². The first kappa shape index (κ1) is 16.7. The Morgan fingerprint density at radius 2 is 2.09 bits per heavy atom. The monoisotopic (exact) mass is 318 g/mol. The highest BCUT2D eigenvalue weighted by Gasteiger charge is 2.39. The van der Waals surface area contributed by atoms with Gasteiger partial charge in [-0.1, -0.05) is 6.07 Å². The summed E-state index contributed by atoms with van der Waals surface area (Å²) in [7, 11) is 2.24. The van der Waals surface area contributed by atoms with Crippen LogP contribution >= 0.6 is 0 Å². The van der Waals surface area contributed by atoms with Crippen molar-refractivity contribution < 1.29 is 9.84 Å². The minimum atomic E-state index is 0.0396. The van der Waals surface area contributed by atoms with Gasteiger partial charge in [0.15, 0.2) is 0 Å². The molecule has 0 amide bonds. The first-order chi connectivity index (χ1) is 11.1. The van der Waals surface area contributed by atoms with Crippen molar-refractivity contribution in [1.29, 1.82) is 0 Å². The topological polar surface area (TPSA) is 35.9 Å². The van der Waals surface area contributed by atoms with Gasteiger partial charge in [0.25, 0.3) is 0 Å². The van der Waals surface area contributed by atoms with E-state index in [0.29, 0.717) is 12.0 Å². The number of nitrogens with zero attached hydrogens (tertiary/aromatic N) is 2. The number of likely N-dealkylation sites (tertiary alicyclic amines) is 2. The van der Waals surface area contributed by atoms with E-state index in [1.54, 1.807) is 0 Å². The third-order valence-corrected chi connectivity index (χ3v) is 5.37. The molecular weight excluding hydrogens is 288 g/mol. The van der Waals surface area contributed by atoms with Crippen LogP contribution in [0.15, 0.2) is 18.2 Å². The lowest BCUT2D eigenvalue weighted by atomic mass is 9.79. The standard InChI is InChI=1S/C19H30N2O2/c1-3-23-18-6-5-16(11-17(18)13-22)12-21-9-4-7-19(15-21)8-10-20(2)14-19/h5-6,11,22H,3-4,7-10,12-15H2,1-2H3/t19-/m0/s1. The molecule has 2 heterocycles. The Morgan fingerprint density at radius 1 is 1.22 bits per heavy atom. The van der Waals surface area contributed by atoms with E-state index in [9.17, 15) is 5.11 Å². The molecule has 0 aliphatic carbocycles. The summed E-state index contributed by atoms with van der Waals surface area (Å²) in [6.07, 6.45) is 4.02. The molecule has 2 fully saturated rings. The van der Waals surface area contributed by atoms with E-state index < -0.39 is 0 Å². The molecule has 1 spiro atoms. The smallest absolute Gasteiger partial charge is 0.124 e. The van der Waals surface area contributed by atoms with Gasteiger partial charge in [-0.2, -0.15) is 0 Å². The number of piperidine rings is 1. The molecule has 1 atom stereocenters. The average Bonchev–Trinajstić information content (AvgIpc) is 2.89. The number of aliphatic hydroxyl groups excluding tert-OH is 1. The summed E-state index contributed by atoms with van der Waals surface area (Å²) in [5, 5.41) is 9.57. The van der Waals surface area contributed by atoms with Crippen LogP contribution in [0.25, 0.3) is 0 Å². The molecule has 4 nitrogen and oxygen atoms in total. The molecule has 0 unspecified atom stereocenters. The Hall–Kier alpha value is -1.10. The minimum Gasteiger partial charge on any atom is -0.494 e. The molecule has 1 aromatic carbocycles. The molecule has 1 N–H and O–H groups in total. The van der Waals surface area contributed by atoms with Crippen LogP contribution in [-0.2, 0) is 13.2 Å². The summed E-state index contributed by atoms with van der Waals surface area (Å²) in [4.78, 5) is 5.07. The second-order valence-corrected chi connectivity index (χ2v) is 7.34. The van der Waals surface area contributed by atoms with Crippen molar-refractivity contribution in [1.82, 2.24) is 9.80 Å². The number of hydrogen-bond acceptors (Lipinski definition) is 4. The molecule has 128 valence electrons. The molecule has 1 aromatic rings. The summed E-state index contributed by atoms with van der Waals surface area (Å²) < 4.78 is 5.58. The molecule has 4 heteroatoms. The maximum atomic E-state index is 9.57. The maximum absolute atomic E-state index is 9.57. The van der Waals surface area contributed by atoms with Crippen molar-refractivity contribution in [2.75, 3.05) is 39.8 Å². The van der Waals surface area contributed by atoms with Crippen molar-refractivity contribution in [2.24, 2.45) is 5.41 Å². The van der Waals surface area contributed by atoms with Gasteiger partial charge in [-0.05, 0) is 69.4 Å². The van der Waals surface area contributed by atoms with Gasteiger partial charge in [0.2, 0.25) is 0 Å². The summed E-state index contributed by atoms with van der Waals surface area (Å²) in [6, 6.07) is 6.26. The van der Waals surface area contributed by atoms with Crippen LogP contribution in [0.5, 0.6) is 5.75 Å². The SMILES string of the molecule is CCOc1ccc(CN2CCC[C@@]3(CCN(C)C3)C2)cc1CO. The van der Waals surface area contributed by atoms with Crippen LogP contribution in [0, 0.1) is 5.41 Å². The average molecular weight is 318 g/mol. The maximum Gasteiger partial charge on any atom is 0.124 e. The molecule has 0 saturated carbocycles. The lowest BCUT2D eigenvalue weighted by Crippen LogP contribution is -2.44. The summed E-state index contributed by atoms with van der Waals surface area (Å²) >= 11 is 0. The van der Waals surface area contributed by atoms with Crippen molar-refractivity contribution >= 4 is 0 Å². The third-order valence-electron chi connectivity index (χ3n) is 5.37. The van der Waals surface area contributed by atoms with E-state index in [2.05, 4.69) is 29.0 Å². The Kier molecular flexibility index (Phi) is 5.24. The number of hydrogen-bond donors (Lipinski definition) is 1. The molecule has 0 bridgehead atoms. The molecule has 2 saturated heterocycles. The van der Waals surface area contributed by atoms with E-state index >= 15 is 0 Å². The van der Waals surface area contributed by atoms with Crippen molar-refractivity contribution in [3.05, 3.63) is 29.3 Å². The lowest BCUT2D eigenvalue weighted by molar-refractivity contribution is 0.0899. The molecule has 2 aliphatic heterocycles. The zero-order valence-corrected chi connectivity index (χ0v) is 14.6. The summed E-state index contributed by atoms with van der Waals surface area (Å²) in [5.74, 6) is 0.811. The summed E-state index contributed by atoms with van der Waals surface area (Å²) in [5.41, 5.74) is 2.69. The van der Waals surface area contributed by atoms with Gasteiger partial charge < -0.3 is 14.7 Å². The second-order valence-electron chi connectivity index (χ2n) is 7.34. The van der Waals surface area contributed by atoms with Gasteiger partial charge in [0.1, 0.15) is 5.75 Å². The van der Waals surface area contributed by atoms with E-state index in [0.717, 1.165) is 17.9 Å². The van der Waals surface area contributed by atoms with Gasteiger partial charge in [0.05, 0.1) is 13.2 Å². The van der Waals surface area contributed by atoms with Crippen LogP contribution in [0.4, 0.5) is 0 Å². The third kappa shape index (κ3) is 3.87. The van der Waals surface area contributed by atoms with E-state index in [1.807, 2.05) is 13.0 Å². The lowest BCUT2D eigenvalue weighted by Gasteiger charge is -2.40. The van der Waals surface area contributed by atoms with Crippen LogP contribution in [0.1, 0.15) is 37.3 Å². The van der Waals surface area contributed by atoms with Crippen molar-refractivity contribution in [3.63, 3.8) is 0 Å². The highest BCUT2D eigenvalue weighted by atomic mass is 16.5. The first-order valence-corrected chi connectivity index (χ1v) is 8.90. The number of ether oxygens (including phenoxy) is 1. The predicted octanol–water partition coefficient (Wildman–Crippen LogP) is 2.50. The number of benzene rings is 1. The van der Waals surface area contributed by atoms with Gasteiger partial charge in [0, 0.05) is 25.2 Å². The fourth-order valence-corrected chi connectivity index (χ4v) is 4.35. The Bertz CT molecular complexity index is 530. The fraction of sp³-hybridized carbons (Fsp3) is 0.684. The zero-order chi connectivity index (χ0) is 16.3. The molecular formula is C19H30N2O2. The molecule has 23 heavy (non-hydrogen) atoms. The molecule has 0 radical (unpaired) electrons. The highest BCUT2D eigenvalue weighted by molar-refractivity contribution is 5.37. The number of aliphatic hydroxyl groups is 1. The Balaban J connectivity index is 1.67. The van der Waals surface area contributed by atoms with E-state index in [4.69, 9.17) is 4.74 Å². The Labute approximate surface area is 140 Å². The van der Waals surface area contributed by atoms with Crippen LogP contribution in [-0.4, -0.2) is 54.7 Å². The van der Waals surface area contributed by atoms with Crippen molar-refractivity contribution in [3.8, 4) is 5.75 Å². The van der Waals surface area contributed by atoms with Crippen molar-refractivity contribution in [2.45, 2.75) is 39.3 Å². The quantitative estimate of drug-likeness (QED) is 0.905. The van der Waals surface area contributed by atoms with Crippen LogP contribution in [0.2, 0.25) is 0 Å². The zero-order valence-electron chi connectivity index (χ0n) is 14.6. The highest BCUT2D eigenvalue weighted by Crippen LogP contribution is 2.38. The van der Waals surface area contributed by atoms with Gasteiger partial charge >= 0.3 is 0 Å². The predicted molar refractivity (Wildman–Crippen MR) is 92.6 cm³/mol. The fourth-order valence-electron chi connectivity index (χ4n) is 4.35.